The molecule has 4 aromatic carbocycles. The zero-order chi connectivity index (χ0) is 30.7. The number of hydrazone groups is 2. The molecule has 9 nitrogen and oxygen atoms in total. The van der Waals surface area contributed by atoms with E-state index in [1.165, 1.54) is 28.0 Å². The maximum Gasteiger partial charge on any atom is 0.269 e. The van der Waals surface area contributed by atoms with Crippen molar-refractivity contribution in [1.29, 1.82) is 0 Å². The third-order valence-corrected chi connectivity index (χ3v) is 11.3. The van der Waals surface area contributed by atoms with Crippen LogP contribution in [0.5, 0.6) is 0 Å². The third kappa shape index (κ3) is 7.84. The minimum atomic E-state index is -2.16. The van der Waals surface area contributed by atoms with Crippen molar-refractivity contribution in [2.24, 2.45) is 10.2 Å². The monoisotopic (exact) mass is 628 g/mol. The lowest BCUT2D eigenvalue weighted by molar-refractivity contribution is -0.384. The van der Waals surface area contributed by atoms with E-state index in [1.807, 2.05) is 18.2 Å². The lowest BCUT2D eigenvalue weighted by atomic mass is 10.1. The van der Waals surface area contributed by atoms with Crippen molar-refractivity contribution in [1.82, 2.24) is 21.5 Å². The summed E-state index contributed by atoms with van der Waals surface area (Å²) in [6.07, 6.45) is 0.562. The Kier molecular flexibility index (Phi) is 11.0. The van der Waals surface area contributed by atoms with Gasteiger partial charge in [0.2, 0.25) is 0 Å². The summed E-state index contributed by atoms with van der Waals surface area (Å²) < 4.78 is 0. The number of thiocarbonyl (C=S) groups is 2. The van der Waals surface area contributed by atoms with Crippen LogP contribution < -0.4 is 37.4 Å². The molecule has 0 radical (unpaired) electrons. The van der Waals surface area contributed by atoms with Crippen molar-refractivity contribution >= 4 is 74.9 Å². The summed E-state index contributed by atoms with van der Waals surface area (Å²) in [5, 5.41) is 30.6. The van der Waals surface area contributed by atoms with Crippen LogP contribution in [-0.4, -0.2) is 39.9 Å². The molecule has 0 atom stereocenters. The highest BCUT2D eigenvalue weighted by molar-refractivity contribution is 7.95. The van der Waals surface area contributed by atoms with Crippen molar-refractivity contribution in [3.05, 3.63) is 131 Å². The first-order valence-electron chi connectivity index (χ1n) is 13.3. The fraction of sp³-hybridized carbons (Fsp3) is 0.0968. The van der Waals surface area contributed by atoms with Crippen molar-refractivity contribution in [2.45, 2.75) is 6.92 Å². The molecular formula is C31H31N7O2PS2+. The van der Waals surface area contributed by atoms with Gasteiger partial charge in [0.25, 0.3) is 5.69 Å². The Balaban J connectivity index is 1.61. The van der Waals surface area contributed by atoms with Crippen molar-refractivity contribution in [2.75, 3.05) is 13.3 Å². The molecule has 0 fully saturated rings. The average Bonchev–Trinajstić information content (AvgIpc) is 3.05. The Bertz CT molecular complexity index is 1520. The SMILES string of the molecule is CNC(=S)N/N=C(/C(C)=N/NC(=S)NC[P+](c1ccccc1)(c1ccccc1)c1ccccc1)c1ccc([N+](=O)[O-])cc1. The van der Waals surface area contributed by atoms with Gasteiger partial charge < -0.3 is 10.6 Å². The van der Waals surface area contributed by atoms with Gasteiger partial charge >= 0.3 is 0 Å². The van der Waals surface area contributed by atoms with E-state index in [0.717, 1.165) is 0 Å². The Labute approximate surface area is 262 Å². The van der Waals surface area contributed by atoms with Gasteiger partial charge in [-0.3, -0.25) is 21.0 Å². The summed E-state index contributed by atoms with van der Waals surface area (Å²) in [5.74, 6) is 0. The summed E-state index contributed by atoms with van der Waals surface area (Å²) >= 11 is 10.9. The Hall–Kier alpha value is -4.57. The van der Waals surface area contributed by atoms with E-state index in [4.69, 9.17) is 24.4 Å². The molecule has 0 bridgehead atoms. The standard InChI is InChI=1S/C31H30N7O2PS2/c1-23(29(35-36-30(42)32-2)24-18-20-25(21-19-24)38(39)40)34-37-31(43)33-22-41(26-12-6-3-7-13-26,27-14-8-4-9-15-27)28-16-10-5-11-17-28/h3-21H,22H2,1-2H3,(H3-,32,33,34,35,36,37,42,43)/p+1. The van der Waals surface area contributed by atoms with Crippen LogP contribution in [0.25, 0.3) is 0 Å². The molecule has 0 unspecified atom stereocenters. The molecule has 0 aliphatic heterocycles. The van der Waals surface area contributed by atoms with E-state index in [0.29, 0.717) is 33.5 Å². The zero-order valence-corrected chi connectivity index (χ0v) is 26.1. The maximum atomic E-state index is 11.1. The van der Waals surface area contributed by atoms with Gasteiger partial charge in [-0.2, -0.15) is 10.2 Å². The number of non-ortho nitro benzene ring substituents is 1. The fourth-order valence-electron chi connectivity index (χ4n) is 4.44. The number of hydrogen-bond donors (Lipinski definition) is 4. The highest BCUT2D eigenvalue weighted by Crippen LogP contribution is 2.54. The third-order valence-electron chi connectivity index (χ3n) is 6.58. The number of nitrogens with one attached hydrogen (secondary N) is 4. The molecule has 0 amide bonds. The molecule has 0 saturated heterocycles. The van der Waals surface area contributed by atoms with Gasteiger partial charge in [0.1, 0.15) is 35.2 Å². The normalized spacial score (nSPS) is 11.8. The second kappa shape index (κ2) is 15.1. The van der Waals surface area contributed by atoms with Crippen molar-refractivity contribution in [3.63, 3.8) is 0 Å². The summed E-state index contributed by atoms with van der Waals surface area (Å²) in [6.45, 7) is 1.76. The molecule has 4 aromatic rings. The van der Waals surface area contributed by atoms with Gasteiger partial charge in [-0.25, -0.2) is 0 Å². The van der Waals surface area contributed by atoms with Crippen LogP contribution in [0.2, 0.25) is 0 Å². The number of benzene rings is 4. The van der Waals surface area contributed by atoms with Crippen LogP contribution >= 0.6 is 31.7 Å². The lowest BCUT2D eigenvalue weighted by Gasteiger charge is -2.28. The van der Waals surface area contributed by atoms with E-state index in [9.17, 15) is 10.1 Å². The molecule has 0 aliphatic carbocycles. The highest BCUT2D eigenvalue weighted by Gasteiger charge is 2.45. The predicted octanol–water partition coefficient (Wildman–Crippen LogP) is 4.18. The summed E-state index contributed by atoms with van der Waals surface area (Å²) in [6, 6.07) is 37.5. The second-order valence-corrected chi connectivity index (χ2v) is 13.5. The second-order valence-electron chi connectivity index (χ2n) is 9.24. The topological polar surface area (TPSA) is 116 Å². The van der Waals surface area contributed by atoms with Crippen LogP contribution in [0.1, 0.15) is 12.5 Å². The summed E-state index contributed by atoms with van der Waals surface area (Å²) in [7, 11) is -0.484. The largest absolute Gasteiger partial charge is 0.364 e. The fourth-order valence-corrected chi connectivity index (χ4v) is 8.60. The quantitative estimate of drug-likeness (QED) is 0.0680. The van der Waals surface area contributed by atoms with E-state index < -0.39 is 12.2 Å². The first-order chi connectivity index (χ1) is 20.8. The smallest absolute Gasteiger partial charge is 0.269 e. The lowest BCUT2D eigenvalue weighted by Crippen LogP contribution is -2.42. The summed E-state index contributed by atoms with van der Waals surface area (Å²) in [5.41, 5.74) is 7.21. The van der Waals surface area contributed by atoms with Gasteiger partial charge in [-0.05, 0) is 79.9 Å². The highest BCUT2D eigenvalue weighted by atomic mass is 32.1. The minimum absolute atomic E-state index is 0.0260. The first kappa shape index (κ1) is 31.4. The van der Waals surface area contributed by atoms with Gasteiger partial charge in [0.15, 0.2) is 10.2 Å². The zero-order valence-electron chi connectivity index (χ0n) is 23.6. The summed E-state index contributed by atoms with van der Waals surface area (Å²) in [4.78, 5) is 10.7. The van der Waals surface area contributed by atoms with Crippen LogP contribution in [0.15, 0.2) is 125 Å². The first-order valence-corrected chi connectivity index (χ1v) is 16.1. The molecule has 43 heavy (non-hydrogen) atoms. The minimum Gasteiger partial charge on any atom is -0.364 e. The van der Waals surface area contributed by atoms with Crippen LogP contribution in [-0.2, 0) is 0 Å². The van der Waals surface area contributed by atoms with Crippen molar-refractivity contribution < 1.29 is 4.92 Å². The Morgan fingerprint density at radius 1 is 0.744 bits per heavy atom. The van der Waals surface area contributed by atoms with E-state index in [2.05, 4.69) is 104 Å². The Morgan fingerprint density at radius 3 is 1.65 bits per heavy atom. The van der Waals surface area contributed by atoms with Crippen LogP contribution in [0.3, 0.4) is 0 Å². The number of hydrogen-bond acceptors (Lipinski definition) is 6. The maximum absolute atomic E-state index is 11.1. The van der Waals surface area contributed by atoms with Gasteiger partial charge in [-0.1, -0.05) is 54.6 Å². The molecule has 0 saturated carbocycles. The molecule has 0 aromatic heterocycles. The molecule has 4 rings (SSSR count). The average molecular weight is 629 g/mol. The predicted molar refractivity (Wildman–Crippen MR) is 186 cm³/mol. The van der Waals surface area contributed by atoms with E-state index in [-0.39, 0.29) is 5.69 Å². The number of nitrogens with zero attached hydrogens (tertiary/aromatic N) is 3. The number of rotatable bonds is 10. The van der Waals surface area contributed by atoms with Crippen molar-refractivity contribution in [3.8, 4) is 0 Å². The molecule has 12 heteroatoms. The van der Waals surface area contributed by atoms with Crippen LogP contribution in [0, 0.1) is 10.1 Å². The van der Waals surface area contributed by atoms with Crippen LogP contribution in [0.4, 0.5) is 5.69 Å². The molecular weight excluding hydrogens is 597 g/mol. The van der Waals surface area contributed by atoms with E-state index >= 15 is 0 Å². The van der Waals surface area contributed by atoms with E-state index in [1.54, 1.807) is 26.1 Å². The number of nitro benzene ring substituents is 1. The molecule has 4 N–H and O–H groups in total. The molecule has 0 heterocycles. The molecule has 0 aliphatic rings. The number of nitro groups is 1. The molecule has 0 spiro atoms. The van der Waals surface area contributed by atoms with Gasteiger partial charge in [0, 0.05) is 24.7 Å². The molecule has 218 valence electrons. The van der Waals surface area contributed by atoms with Gasteiger partial charge in [-0.15, -0.1) is 0 Å². The van der Waals surface area contributed by atoms with Gasteiger partial charge in [0.05, 0.1) is 10.6 Å². The Morgan fingerprint density at radius 2 is 1.21 bits per heavy atom.